The van der Waals surface area contributed by atoms with Crippen LogP contribution in [-0.2, 0) is 5.41 Å². The van der Waals surface area contributed by atoms with Crippen molar-refractivity contribution in [2.75, 3.05) is 32.7 Å². The number of likely N-dealkylation sites (N-methyl/N-ethyl adjacent to an activating group) is 1. The van der Waals surface area contributed by atoms with Crippen LogP contribution in [0.1, 0.15) is 86.8 Å². The van der Waals surface area contributed by atoms with E-state index in [1.807, 2.05) is 19.1 Å². The van der Waals surface area contributed by atoms with Crippen molar-refractivity contribution < 1.29 is 9.18 Å². The van der Waals surface area contributed by atoms with Gasteiger partial charge in [-0.3, -0.25) is 4.79 Å². The van der Waals surface area contributed by atoms with E-state index in [2.05, 4.69) is 59.3 Å². The van der Waals surface area contributed by atoms with Gasteiger partial charge in [0.05, 0.1) is 4.88 Å². The Bertz CT molecular complexity index is 1170. The monoisotopic (exact) mass is 552 g/mol. The minimum Gasteiger partial charge on any atom is -0.369 e. The Hall–Kier alpha value is -2.77. The second-order valence-corrected chi connectivity index (χ2v) is 11.5. The number of ketones is 1. The summed E-state index contributed by atoms with van der Waals surface area (Å²) in [6.07, 6.45) is 12.7. The van der Waals surface area contributed by atoms with Gasteiger partial charge in [0, 0.05) is 53.4 Å². The second kappa shape index (κ2) is 14.0. The first kappa shape index (κ1) is 30.8. The van der Waals surface area contributed by atoms with E-state index in [9.17, 15) is 4.79 Å². The zero-order chi connectivity index (χ0) is 28.6. The first-order valence-electron chi connectivity index (χ1n) is 14.2. The summed E-state index contributed by atoms with van der Waals surface area (Å²) in [5, 5.41) is 3.19. The predicted molar refractivity (Wildman–Crippen MR) is 165 cm³/mol. The first-order valence-corrected chi connectivity index (χ1v) is 15.0. The number of allylic oxidation sites excluding steroid dienone is 5. The van der Waals surface area contributed by atoms with E-state index in [0.29, 0.717) is 22.0 Å². The number of Topliss-reactive ketones (excluding diaryl/α,β-unsaturated/α-hetero) is 1. The number of carbonyl (C=O) groups excluding carboxylic acids is 1. The van der Waals surface area contributed by atoms with Crippen LogP contribution in [0, 0.1) is 0 Å². The largest absolute Gasteiger partial charge is 0.369 e. The highest BCUT2D eigenvalue weighted by atomic mass is 32.1. The van der Waals surface area contributed by atoms with E-state index in [-0.39, 0.29) is 16.9 Å². The quantitative estimate of drug-likeness (QED) is 0.133. The Labute approximate surface area is 238 Å². The van der Waals surface area contributed by atoms with Gasteiger partial charge in [-0.05, 0) is 70.9 Å². The summed E-state index contributed by atoms with van der Waals surface area (Å²) in [5.41, 5.74) is 2.69. The number of amidine groups is 1. The Morgan fingerprint density at radius 1 is 1.18 bits per heavy atom. The van der Waals surface area contributed by atoms with Crippen molar-refractivity contribution in [1.29, 1.82) is 0 Å². The van der Waals surface area contributed by atoms with Crippen molar-refractivity contribution >= 4 is 28.7 Å². The van der Waals surface area contributed by atoms with E-state index < -0.39 is 5.83 Å². The molecule has 3 rings (SSSR count). The number of nitrogens with zero attached hydrogens (tertiary/aromatic N) is 3. The molecule has 2 fully saturated rings. The Morgan fingerprint density at radius 3 is 2.38 bits per heavy atom. The van der Waals surface area contributed by atoms with Crippen LogP contribution >= 0.6 is 11.3 Å². The number of hydrogen-bond acceptors (Lipinski definition) is 5. The van der Waals surface area contributed by atoms with Gasteiger partial charge >= 0.3 is 0 Å². The van der Waals surface area contributed by atoms with Crippen LogP contribution in [0.15, 0.2) is 65.7 Å². The van der Waals surface area contributed by atoms with E-state index in [0.717, 1.165) is 75.4 Å². The second-order valence-electron chi connectivity index (χ2n) is 10.5. The minimum absolute atomic E-state index is 0.0105. The molecule has 212 valence electrons. The molecule has 1 aromatic rings. The summed E-state index contributed by atoms with van der Waals surface area (Å²) >= 11 is 1.50. The average Bonchev–Trinajstić information content (AvgIpc) is 3.60. The molecule has 1 N–H and O–H groups in total. The number of carbonyl (C=O) groups is 1. The molecule has 1 aliphatic heterocycles. The molecule has 0 atom stereocenters. The zero-order valence-electron chi connectivity index (χ0n) is 24.4. The number of halogens is 1. The maximum atomic E-state index is 15.1. The van der Waals surface area contributed by atoms with E-state index >= 15 is 4.39 Å². The summed E-state index contributed by atoms with van der Waals surface area (Å²) in [5.74, 6) is 0.0130. The molecule has 1 saturated heterocycles. The molecule has 1 aliphatic carbocycles. The lowest BCUT2D eigenvalue weighted by Gasteiger charge is -2.36. The van der Waals surface area contributed by atoms with Crippen LogP contribution in [0.5, 0.6) is 0 Å². The highest BCUT2D eigenvalue weighted by Gasteiger charge is 2.38. The highest BCUT2D eigenvalue weighted by Crippen LogP contribution is 2.49. The number of piperazine rings is 1. The fraction of sp³-hybridized carbons (Fsp3) is 0.500. The summed E-state index contributed by atoms with van der Waals surface area (Å²) in [6.45, 7) is 22.8. The smallest absolute Gasteiger partial charge is 0.160 e. The van der Waals surface area contributed by atoms with E-state index in [1.54, 1.807) is 13.8 Å². The van der Waals surface area contributed by atoms with Gasteiger partial charge in [-0.15, -0.1) is 11.3 Å². The molecule has 0 spiro atoms. The summed E-state index contributed by atoms with van der Waals surface area (Å²) < 4.78 is 15.1. The van der Waals surface area contributed by atoms with Gasteiger partial charge in [-0.2, -0.15) is 0 Å². The van der Waals surface area contributed by atoms with Crippen LogP contribution in [0.2, 0.25) is 0 Å². The number of aliphatic imine (C=N–C) groups is 1. The summed E-state index contributed by atoms with van der Waals surface area (Å²) in [7, 11) is 0. The van der Waals surface area contributed by atoms with Crippen molar-refractivity contribution in [3.63, 3.8) is 0 Å². The lowest BCUT2D eigenvalue weighted by Crippen LogP contribution is -2.45. The van der Waals surface area contributed by atoms with Crippen LogP contribution in [-0.4, -0.2) is 54.1 Å². The summed E-state index contributed by atoms with van der Waals surface area (Å²) in [6, 6.07) is 1.82. The molecule has 39 heavy (non-hydrogen) atoms. The van der Waals surface area contributed by atoms with Crippen LogP contribution in [0.4, 0.5) is 4.39 Å². The number of rotatable bonds is 11. The predicted octanol–water partition coefficient (Wildman–Crippen LogP) is 7.62. The number of thiophene rings is 1. The minimum atomic E-state index is -0.514. The number of nitrogens with one attached hydrogen (secondary N) is 1. The third kappa shape index (κ3) is 7.46. The summed E-state index contributed by atoms with van der Waals surface area (Å²) in [4.78, 5) is 23.8. The molecule has 7 heteroatoms. The molecule has 5 nitrogen and oxygen atoms in total. The van der Waals surface area contributed by atoms with Gasteiger partial charge in [0.15, 0.2) is 5.78 Å². The maximum absolute atomic E-state index is 15.1. The van der Waals surface area contributed by atoms with Gasteiger partial charge in [-0.25, -0.2) is 9.38 Å². The van der Waals surface area contributed by atoms with E-state index in [4.69, 9.17) is 0 Å². The van der Waals surface area contributed by atoms with Gasteiger partial charge in [-0.1, -0.05) is 45.9 Å². The number of hydrogen-bond donors (Lipinski definition) is 1. The normalized spacial score (nSPS) is 19.4. The lowest BCUT2D eigenvalue weighted by molar-refractivity contribution is 0.101. The third-order valence-corrected chi connectivity index (χ3v) is 9.41. The molecular weight excluding hydrogens is 507 g/mol. The van der Waals surface area contributed by atoms with Gasteiger partial charge in [0.2, 0.25) is 0 Å². The Balaban J connectivity index is 1.81. The molecule has 0 amide bonds. The first-order chi connectivity index (χ1) is 18.7. The van der Waals surface area contributed by atoms with Crippen LogP contribution in [0.3, 0.4) is 0 Å². The molecule has 1 aromatic heterocycles. The van der Waals surface area contributed by atoms with Crippen molar-refractivity contribution in [1.82, 2.24) is 15.1 Å². The van der Waals surface area contributed by atoms with Gasteiger partial charge in [0.1, 0.15) is 17.4 Å². The Morgan fingerprint density at radius 2 is 1.85 bits per heavy atom. The molecule has 0 aromatic carbocycles. The van der Waals surface area contributed by atoms with Crippen molar-refractivity contribution in [3.05, 3.63) is 76.1 Å². The van der Waals surface area contributed by atoms with Gasteiger partial charge in [0.25, 0.3) is 0 Å². The third-order valence-electron chi connectivity index (χ3n) is 8.03. The molecular formula is C32H45FN4OS. The molecule has 0 bridgehead atoms. The van der Waals surface area contributed by atoms with E-state index in [1.165, 1.54) is 17.4 Å². The fourth-order valence-corrected chi connectivity index (χ4v) is 7.16. The van der Waals surface area contributed by atoms with Crippen molar-refractivity contribution in [3.8, 4) is 0 Å². The highest BCUT2D eigenvalue weighted by molar-refractivity contribution is 7.13. The average molecular weight is 553 g/mol. The topological polar surface area (TPSA) is 47.9 Å². The van der Waals surface area contributed by atoms with Gasteiger partial charge < -0.3 is 15.1 Å². The van der Waals surface area contributed by atoms with Crippen LogP contribution in [0.25, 0.3) is 5.70 Å². The lowest BCUT2D eigenvalue weighted by atomic mass is 9.80. The van der Waals surface area contributed by atoms with Crippen molar-refractivity contribution in [2.45, 2.75) is 72.1 Å². The standard InChI is InChI=1S/C32H45FN4OS/c1-8-26(37-20-18-36(11-4)19-21-37)15-14-23(5)34-25(7)35-30(28(33)9-2)29-22-27(24(6)38)31(39-29)32(10-3)16-12-13-17-32/h8-9,14-15,22H,2,5,10-13,16-21H2,1,3-4,6-7H3,(H,34,35)/b15-14-,26-8+,30-28+. The molecule has 0 unspecified atom stereocenters. The molecule has 2 heterocycles. The molecule has 0 radical (unpaired) electrons. The Kier molecular flexibility index (Phi) is 11.1. The zero-order valence-corrected chi connectivity index (χ0v) is 25.2. The van der Waals surface area contributed by atoms with Crippen molar-refractivity contribution in [2.24, 2.45) is 4.99 Å². The molecule has 1 saturated carbocycles. The SMILES string of the molecule is C=C/C(F)=C(\N=C(/C)NC(=C)/C=C\C(=C/C)N1CCN(CC)CC1)c1cc(C(C)=O)c(C2(CC)CCCC2)s1. The fourth-order valence-electron chi connectivity index (χ4n) is 5.64. The maximum Gasteiger partial charge on any atom is 0.160 e. The van der Waals surface area contributed by atoms with Crippen LogP contribution < -0.4 is 5.32 Å². The molecule has 2 aliphatic rings.